The highest BCUT2D eigenvalue weighted by Gasteiger charge is 2.54. The van der Waals surface area contributed by atoms with E-state index in [1.807, 2.05) is 30.3 Å². The van der Waals surface area contributed by atoms with E-state index in [0.29, 0.717) is 18.0 Å². The summed E-state index contributed by atoms with van der Waals surface area (Å²) in [6.07, 6.45) is 3.95. The van der Waals surface area contributed by atoms with Gasteiger partial charge in [0.15, 0.2) is 5.54 Å². The van der Waals surface area contributed by atoms with Crippen LogP contribution in [0.2, 0.25) is 5.02 Å². The average Bonchev–Trinajstić information content (AvgIpc) is 3.66. The minimum Gasteiger partial charge on any atom is -0.463 e. The van der Waals surface area contributed by atoms with E-state index in [0.717, 1.165) is 33.5 Å². The van der Waals surface area contributed by atoms with Crippen LogP contribution >= 0.6 is 11.6 Å². The number of rotatable bonds is 7. The van der Waals surface area contributed by atoms with Gasteiger partial charge < -0.3 is 10.5 Å². The van der Waals surface area contributed by atoms with E-state index in [9.17, 15) is 9.59 Å². The van der Waals surface area contributed by atoms with Gasteiger partial charge in [0.2, 0.25) is 5.91 Å². The van der Waals surface area contributed by atoms with Crippen LogP contribution in [0.3, 0.4) is 0 Å². The second kappa shape index (κ2) is 9.70. The zero-order valence-electron chi connectivity index (χ0n) is 20.6. The Labute approximate surface area is 225 Å². The van der Waals surface area contributed by atoms with Crippen molar-refractivity contribution in [2.45, 2.75) is 30.8 Å². The van der Waals surface area contributed by atoms with E-state index in [4.69, 9.17) is 22.1 Å². The summed E-state index contributed by atoms with van der Waals surface area (Å²) in [7, 11) is 0. The number of hydrogen-bond donors (Lipinski definition) is 1. The number of carbonyl (C=O) groups excluding carboxylic acids is 2. The van der Waals surface area contributed by atoms with Gasteiger partial charge in [0, 0.05) is 24.0 Å². The Morgan fingerprint density at radius 2 is 1.76 bits per heavy atom. The van der Waals surface area contributed by atoms with E-state index < -0.39 is 17.4 Å². The van der Waals surface area contributed by atoms with Gasteiger partial charge in [-0.3, -0.25) is 9.69 Å². The highest BCUT2D eigenvalue weighted by molar-refractivity contribution is 6.30. The van der Waals surface area contributed by atoms with Crippen molar-refractivity contribution in [2.75, 3.05) is 13.2 Å². The lowest BCUT2D eigenvalue weighted by molar-refractivity contribution is -0.161. The number of halogens is 1. The van der Waals surface area contributed by atoms with Gasteiger partial charge in [0.05, 0.1) is 5.69 Å². The molecule has 3 aromatic carbocycles. The third kappa shape index (κ3) is 3.97. The maximum atomic E-state index is 13.8. The lowest BCUT2D eigenvalue weighted by Gasteiger charge is -2.34. The molecule has 8 nitrogen and oxygen atoms in total. The van der Waals surface area contributed by atoms with Crippen LogP contribution in [0.25, 0.3) is 16.8 Å². The van der Waals surface area contributed by atoms with Gasteiger partial charge in [0.25, 0.3) is 0 Å². The van der Waals surface area contributed by atoms with Crippen molar-refractivity contribution in [1.82, 2.24) is 19.7 Å². The van der Waals surface area contributed by atoms with Crippen LogP contribution in [0.1, 0.15) is 35.4 Å². The molecule has 0 spiro atoms. The van der Waals surface area contributed by atoms with Crippen molar-refractivity contribution in [3.63, 3.8) is 0 Å². The first-order valence-electron chi connectivity index (χ1n) is 12.5. The molecule has 0 bridgehead atoms. The lowest BCUT2D eigenvalue weighted by Crippen LogP contribution is -2.59. The van der Waals surface area contributed by atoms with Gasteiger partial charge in [-0.25, -0.2) is 14.5 Å². The number of carbonyl (C=O) groups is 2. The van der Waals surface area contributed by atoms with Crippen molar-refractivity contribution in [2.24, 2.45) is 5.73 Å². The molecule has 1 aromatic heterocycles. The van der Waals surface area contributed by atoms with Crippen molar-refractivity contribution in [1.29, 1.82) is 0 Å². The fourth-order valence-electron chi connectivity index (χ4n) is 5.86. The van der Waals surface area contributed by atoms with Gasteiger partial charge in [-0.05, 0) is 58.9 Å². The number of esters is 1. The Hall–Kier alpha value is -4.01. The Balaban J connectivity index is 1.28. The first-order chi connectivity index (χ1) is 18.5. The molecule has 1 saturated heterocycles. The summed E-state index contributed by atoms with van der Waals surface area (Å²) in [6, 6.07) is 21.7. The summed E-state index contributed by atoms with van der Waals surface area (Å²) in [5, 5.41) is 4.77. The highest BCUT2D eigenvalue weighted by Crippen LogP contribution is 2.45. The van der Waals surface area contributed by atoms with Crippen LogP contribution in [0.4, 0.5) is 0 Å². The third-order valence-corrected chi connectivity index (χ3v) is 7.90. The fraction of sp³-hybridized carbons (Fsp3) is 0.241. The number of primary amides is 1. The number of likely N-dealkylation sites (tertiary alicyclic amines) is 1. The predicted molar refractivity (Wildman–Crippen MR) is 143 cm³/mol. The number of nitrogens with zero attached hydrogens (tertiary/aromatic N) is 4. The molecule has 2 heterocycles. The van der Waals surface area contributed by atoms with Crippen molar-refractivity contribution in [3.05, 3.63) is 101 Å². The molecule has 1 aliphatic carbocycles. The smallest absolute Gasteiger partial charge is 0.336 e. The normalized spacial score (nSPS) is 18.8. The van der Waals surface area contributed by atoms with Gasteiger partial charge in [-0.1, -0.05) is 60.1 Å². The molecule has 1 atom stereocenters. The minimum atomic E-state index is -1.57. The maximum absolute atomic E-state index is 13.8. The standard InChI is InChI=1S/C29H26ClN5O3/c30-20-10-11-26(35-18-32-17-33-35)19(14-20)15-34-13-5-12-29(34,27(31)36)28(37)38-16-25-23-8-3-1-6-21(23)22-7-2-4-9-24(22)25/h1-4,6-11,14,17-18,25H,5,12-13,15-16H2,(H2,31,36)/t29-/m0/s1. The van der Waals surface area contributed by atoms with Crippen LogP contribution in [0.15, 0.2) is 79.4 Å². The number of fused-ring (bicyclic) bond motifs is 3. The summed E-state index contributed by atoms with van der Waals surface area (Å²) in [6.45, 7) is 0.899. The summed E-state index contributed by atoms with van der Waals surface area (Å²) in [4.78, 5) is 32.6. The largest absolute Gasteiger partial charge is 0.463 e. The fourth-order valence-corrected chi connectivity index (χ4v) is 6.05. The molecule has 9 heteroatoms. The average molecular weight is 528 g/mol. The van der Waals surface area contributed by atoms with Crippen LogP contribution < -0.4 is 5.73 Å². The first kappa shape index (κ1) is 24.3. The Morgan fingerprint density at radius 3 is 2.42 bits per heavy atom. The number of hydrogen-bond acceptors (Lipinski definition) is 6. The van der Waals surface area contributed by atoms with Gasteiger partial charge in [0.1, 0.15) is 19.3 Å². The van der Waals surface area contributed by atoms with Crippen molar-refractivity contribution in [3.8, 4) is 16.8 Å². The summed E-state index contributed by atoms with van der Waals surface area (Å²) >= 11 is 6.32. The molecular formula is C29H26ClN5O3. The summed E-state index contributed by atoms with van der Waals surface area (Å²) in [5.74, 6) is -1.44. The van der Waals surface area contributed by atoms with Crippen molar-refractivity contribution < 1.29 is 14.3 Å². The monoisotopic (exact) mass is 527 g/mol. The zero-order chi connectivity index (χ0) is 26.3. The molecule has 2 N–H and O–H groups in total. The minimum absolute atomic E-state index is 0.113. The quantitative estimate of drug-likeness (QED) is 0.287. The molecule has 192 valence electrons. The van der Waals surface area contributed by atoms with E-state index in [-0.39, 0.29) is 25.5 Å². The van der Waals surface area contributed by atoms with Gasteiger partial charge in [-0.15, -0.1) is 0 Å². The molecule has 1 aliphatic heterocycles. The number of benzene rings is 3. The molecule has 38 heavy (non-hydrogen) atoms. The molecular weight excluding hydrogens is 502 g/mol. The lowest BCUT2D eigenvalue weighted by atomic mass is 9.94. The van der Waals surface area contributed by atoms with Gasteiger partial charge in [-0.2, -0.15) is 5.10 Å². The van der Waals surface area contributed by atoms with E-state index in [1.165, 1.54) is 6.33 Å². The second-order valence-corrected chi connectivity index (χ2v) is 10.1. The Bertz CT molecular complexity index is 1480. The SMILES string of the molecule is NC(=O)[C@]1(C(=O)OCC2c3ccccc3-c3ccccc32)CCCN1Cc1cc(Cl)ccc1-n1cncn1. The highest BCUT2D eigenvalue weighted by atomic mass is 35.5. The maximum Gasteiger partial charge on any atom is 0.336 e. The number of nitrogens with two attached hydrogens (primary N) is 1. The topological polar surface area (TPSA) is 103 Å². The third-order valence-electron chi connectivity index (χ3n) is 7.66. The van der Waals surface area contributed by atoms with Crippen LogP contribution in [0.5, 0.6) is 0 Å². The molecule has 0 radical (unpaired) electrons. The molecule has 0 saturated carbocycles. The second-order valence-electron chi connectivity index (χ2n) is 9.69. The van der Waals surface area contributed by atoms with Crippen molar-refractivity contribution >= 4 is 23.5 Å². The molecule has 1 fully saturated rings. The predicted octanol–water partition coefficient (Wildman–Crippen LogP) is 4.10. The molecule has 1 amide bonds. The molecule has 6 rings (SSSR count). The zero-order valence-corrected chi connectivity index (χ0v) is 21.3. The first-order valence-corrected chi connectivity index (χ1v) is 12.9. The van der Waals surface area contributed by atoms with Crippen LogP contribution in [-0.4, -0.2) is 50.2 Å². The van der Waals surface area contributed by atoms with Gasteiger partial charge >= 0.3 is 5.97 Å². The Kier molecular flexibility index (Phi) is 6.21. The van der Waals surface area contributed by atoms with Crippen LogP contribution in [-0.2, 0) is 20.9 Å². The summed E-state index contributed by atoms with van der Waals surface area (Å²) < 4.78 is 7.57. The number of aromatic nitrogens is 3. The number of ether oxygens (including phenoxy) is 1. The Morgan fingerprint density at radius 1 is 1.05 bits per heavy atom. The van der Waals surface area contributed by atoms with Crippen LogP contribution in [0, 0.1) is 0 Å². The summed E-state index contributed by atoms with van der Waals surface area (Å²) in [5.41, 5.74) is 10.4. The molecule has 4 aromatic rings. The van der Waals surface area contributed by atoms with E-state index >= 15 is 0 Å². The van der Waals surface area contributed by atoms with E-state index in [2.05, 4.69) is 34.3 Å². The molecule has 2 aliphatic rings. The van der Waals surface area contributed by atoms with E-state index in [1.54, 1.807) is 28.0 Å². The number of amides is 1. The molecule has 0 unspecified atom stereocenters.